The zero-order valence-electron chi connectivity index (χ0n) is 15.5. The van der Waals surface area contributed by atoms with Crippen molar-refractivity contribution in [1.82, 2.24) is 4.90 Å². The molecule has 1 aliphatic heterocycles. The predicted molar refractivity (Wildman–Crippen MR) is 97.8 cm³/mol. The van der Waals surface area contributed by atoms with E-state index in [-0.39, 0.29) is 34.9 Å². The fourth-order valence-electron chi connectivity index (χ4n) is 3.71. The molecule has 7 heteroatoms. The summed E-state index contributed by atoms with van der Waals surface area (Å²) in [5.74, 6) is -2.49. The summed E-state index contributed by atoms with van der Waals surface area (Å²) in [6.07, 6.45) is 4.83. The molecule has 7 nitrogen and oxygen atoms in total. The SMILES string of the molecule is COC(=O)c1c(C)cccc1NC(=O)[C@H](C)N1C(=O)[C@H]2CC=CC[C@H]2C1=O. The van der Waals surface area contributed by atoms with E-state index in [1.165, 1.54) is 14.0 Å². The monoisotopic (exact) mass is 370 g/mol. The average molecular weight is 370 g/mol. The molecule has 0 aromatic heterocycles. The molecule has 1 aromatic carbocycles. The Kier molecular flexibility index (Phi) is 5.12. The number of nitrogens with zero attached hydrogens (tertiary/aromatic N) is 1. The molecular formula is C20H22N2O5. The highest BCUT2D eigenvalue weighted by molar-refractivity contribution is 6.11. The Hall–Kier alpha value is -2.96. The van der Waals surface area contributed by atoms with Crippen molar-refractivity contribution in [2.75, 3.05) is 12.4 Å². The van der Waals surface area contributed by atoms with Gasteiger partial charge in [-0.05, 0) is 38.3 Å². The van der Waals surface area contributed by atoms with E-state index in [9.17, 15) is 19.2 Å². The van der Waals surface area contributed by atoms with E-state index >= 15 is 0 Å². The summed E-state index contributed by atoms with van der Waals surface area (Å²) in [6, 6.07) is 4.05. The van der Waals surface area contributed by atoms with Crippen molar-refractivity contribution < 1.29 is 23.9 Å². The molecule has 1 aliphatic carbocycles. The lowest BCUT2D eigenvalue weighted by Crippen LogP contribution is -2.46. The van der Waals surface area contributed by atoms with Crippen molar-refractivity contribution in [1.29, 1.82) is 0 Å². The Labute approximate surface area is 157 Å². The number of fused-ring (bicyclic) bond motifs is 1. The molecule has 0 bridgehead atoms. The number of hydrogen-bond acceptors (Lipinski definition) is 5. The van der Waals surface area contributed by atoms with Gasteiger partial charge in [0, 0.05) is 0 Å². The third kappa shape index (κ3) is 3.25. The molecule has 3 atom stereocenters. The number of benzene rings is 1. The normalized spacial score (nSPS) is 22.4. The Morgan fingerprint density at radius 3 is 2.30 bits per heavy atom. The number of methoxy groups -OCH3 is 1. The lowest BCUT2D eigenvalue weighted by molar-refractivity contribution is -0.146. The van der Waals surface area contributed by atoms with Gasteiger partial charge in [0.25, 0.3) is 0 Å². The van der Waals surface area contributed by atoms with Crippen LogP contribution in [0, 0.1) is 18.8 Å². The molecule has 3 rings (SSSR count). The summed E-state index contributed by atoms with van der Waals surface area (Å²) in [6.45, 7) is 3.25. The van der Waals surface area contributed by atoms with Crippen LogP contribution >= 0.6 is 0 Å². The van der Waals surface area contributed by atoms with E-state index in [1.54, 1.807) is 25.1 Å². The Balaban J connectivity index is 1.81. The maximum absolute atomic E-state index is 12.7. The van der Waals surface area contributed by atoms with Crippen LogP contribution in [0.3, 0.4) is 0 Å². The van der Waals surface area contributed by atoms with Gasteiger partial charge in [0.15, 0.2) is 0 Å². The summed E-state index contributed by atoms with van der Waals surface area (Å²) >= 11 is 0. The quantitative estimate of drug-likeness (QED) is 0.497. The zero-order valence-corrected chi connectivity index (χ0v) is 15.5. The molecular weight excluding hydrogens is 348 g/mol. The smallest absolute Gasteiger partial charge is 0.340 e. The van der Waals surface area contributed by atoms with Crippen molar-refractivity contribution >= 4 is 29.4 Å². The fraction of sp³-hybridized carbons (Fsp3) is 0.400. The first-order valence-electron chi connectivity index (χ1n) is 8.87. The van der Waals surface area contributed by atoms with Gasteiger partial charge in [-0.1, -0.05) is 24.3 Å². The molecule has 1 N–H and O–H groups in total. The van der Waals surface area contributed by atoms with Gasteiger partial charge in [-0.25, -0.2) is 4.79 Å². The molecule has 1 heterocycles. The van der Waals surface area contributed by atoms with Gasteiger partial charge in [-0.15, -0.1) is 0 Å². The number of nitrogens with one attached hydrogen (secondary N) is 1. The third-order valence-corrected chi connectivity index (χ3v) is 5.23. The third-order valence-electron chi connectivity index (χ3n) is 5.23. The second kappa shape index (κ2) is 7.34. The van der Waals surface area contributed by atoms with Crippen molar-refractivity contribution in [3.63, 3.8) is 0 Å². The number of allylic oxidation sites excluding steroid dienone is 2. The van der Waals surface area contributed by atoms with E-state index in [0.29, 0.717) is 18.4 Å². The van der Waals surface area contributed by atoms with E-state index in [2.05, 4.69) is 5.32 Å². The minimum absolute atomic E-state index is 0.248. The lowest BCUT2D eigenvalue weighted by atomic mass is 9.85. The molecule has 0 radical (unpaired) electrons. The van der Waals surface area contributed by atoms with E-state index in [4.69, 9.17) is 4.74 Å². The Morgan fingerprint density at radius 1 is 1.15 bits per heavy atom. The standard InChI is InChI=1S/C20H22N2O5/c1-11-7-6-10-15(16(11)20(26)27-3)21-17(23)12(2)22-18(24)13-8-4-5-9-14(13)19(22)25/h4-7,10,12-14H,8-9H2,1-3H3,(H,21,23)/t12-,13-,14+/m0/s1. The minimum atomic E-state index is -0.971. The average Bonchev–Trinajstić information content (AvgIpc) is 2.91. The maximum atomic E-state index is 12.7. The van der Waals surface area contributed by atoms with Gasteiger partial charge >= 0.3 is 5.97 Å². The van der Waals surface area contributed by atoms with Crippen molar-refractivity contribution in [3.05, 3.63) is 41.5 Å². The van der Waals surface area contributed by atoms with Crippen LogP contribution < -0.4 is 5.32 Å². The number of anilines is 1. The van der Waals surface area contributed by atoms with Crippen LogP contribution in [-0.4, -0.2) is 41.7 Å². The van der Waals surface area contributed by atoms with Gasteiger partial charge in [-0.3, -0.25) is 19.3 Å². The van der Waals surface area contributed by atoms with E-state index in [0.717, 1.165) is 4.90 Å². The number of likely N-dealkylation sites (tertiary alicyclic amines) is 1. The fourth-order valence-corrected chi connectivity index (χ4v) is 3.71. The van der Waals surface area contributed by atoms with Gasteiger partial charge in [0.05, 0.1) is 30.2 Å². The number of aryl methyl sites for hydroxylation is 1. The van der Waals surface area contributed by atoms with Crippen molar-refractivity contribution in [2.45, 2.75) is 32.7 Å². The second-order valence-corrected chi connectivity index (χ2v) is 6.86. The first kappa shape index (κ1) is 18.8. The number of ether oxygens (including phenoxy) is 1. The second-order valence-electron chi connectivity index (χ2n) is 6.86. The molecule has 0 spiro atoms. The maximum Gasteiger partial charge on any atom is 0.340 e. The van der Waals surface area contributed by atoms with Crippen LogP contribution in [0.25, 0.3) is 0 Å². The van der Waals surface area contributed by atoms with Gasteiger partial charge < -0.3 is 10.1 Å². The highest BCUT2D eigenvalue weighted by Crippen LogP contribution is 2.36. The molecule has 2 aliphatic rings. The number of rotatable bonds is 4. The van der Waals surface area contributed by atoms with Crippen LogP contribution in [0.4, 0.5) is 5.69 Å². The molecule has 3 amide bonds. The Morgan fingerprint density at radius 2 is 1.74 bits per heavy atom. The topological polar surface area (TPSA) is 92.8 Å². The molecule has 27 heavy (non-hydrogen) atoms. The molecule has 0 unspecified atom stereocenters. The van der Waals surface area contributed by atoms with Crippen molar-refractivity contribution in [3.8, 4) is 0 Å². The number of imide groups is 1. The first-order chi connectivity index (χ1) is 12.9. The van der Waals surface area contributed by atoms with Gasteiger partial charge in [-0.2, -0.15) is 0 Å². The van der Waals surface area contributed by atoms with Crippen LogP contribution in [0.2, 0.25) is 0 Å². The summed E-state index contributed by atoms with van der Waals surface area (Å²) in [7, 11) is 1.26. The highest BCUT2D eigenvalue weighted by Gasteiger charge is 2.50. The summed E-state index contributed by atoms with van der Waals surface area (Å²) in [4.78, 5) is 51.1. The number of hydrogen-bond donors (Lipinski definition) is 1. The van der Waals surface area contributed by atoms with E-state index < -0.39 is 17.9 Å². The van der Waals surface area contributed by atoms with E-state index in [1.807, 2.05) is 12.2 Å². The highest BCUT2D eigenvalue weighted by atomic mass is 16.5. The molecule has 1 saturated heterocycles. The minimum Gasteiger partial charge on any atom is -0.465 e. The molecule has 142 valence electrons. The lowest BCUT2D eigenvalue weighted by Gasteiger charge is -2.23. The Bertz CT molecular complexity index is 819. The summed E-state index contributed by atoms with van der Waals surface area (Å²) in [5, 5.41) is 2.66. The largest absolute Gasteiger partial charge is 0.465 e. The number of carbonyl (C=O) groups is 4. The van der Waals surface area contributed by atoms with Crippen LogP contribution in [0.1, 0.15) is 35.7 Å². The summed E-state index contributed by atoms with van der Waals surface area (Å²) < 4.78 is 4.78. The van der Waals surface area contributed by atoms with Gasteiger partial charge in [0.2, 0.25) is 17.7 Å². The number of carbonyl (C=O) groups excluding carboxylic acids is 4. The van der Waals surface area contributed by atoms with Crippen LogP contribution in [0.5, 0.6) is 0 Å². The van der Waals surface area contributed by atoms with Gasteiger partial charge in [0.1, 0.15) is 6.04 Å². The van der Waals surface area contributed by atoms with Crippen LogP contribution in [-0.2, 0) is 19.1 Å². The predicted octanol–water partition coefficient (Wildman–Crippen LogP) is 2.06. The van der Waals surface area contributed by atoms with Crippen LogP contribution in [0.15, 0.2) is 30.4 Å². The molecule has 1 fully saturated rings. The summed E-state index contributed by atoms with van der Waals surface area (Å²) in [5.41, 5.74) is 1.19. The zero-order chi connectivity index (χ0) is 19.7. The number of amides is 3. The van der Waals surface area contributed by atoms with Crippen molar-refractivity contribution in [2.24, 2.45) is 11.8 Å². The molecule has 1 aromatic rings. The first-order valence-corrected chi connectivity index (χ1v) is 8.87. The molecule has 0 saturated carbocycles. The number of esters is 1.